The molecule has 0 radical (unpaired) electrons. The molecule has 2 N–H and O–H groups in total. The van der Waals surface area contributed by atoms with Crippen molar-refractivity contribution in [2.24, 2.45) is 0 Å². The molecule has 64 valence electrons. The molecule has 0 fully saturated rings. The lowest BCUT2D eigenvalue weighted by atomic mass is 10.2. The first-order chi connectivity index (χ1) is 6.31. The van der Waals surface area contributed by atoms with Crippen LogP contribution in [-0.2, 0) is 0 Å². The van der Waals surface area contributed by atoms with E-state index in [1.54, 1.807) is 19.4 Å². The van der Waals surface area contributed by atoms with Crippen LogP contribution in [0.3, 0.4) is 0 Å². The van der Waals surface area contributed by atoms with Crippen molar-refractivity contribution in [3.63, 3.8) is 0 Å². The summed E-state index contributed by atoms with van der Waals surface area (Å²) in [4.78, 5) is 14.0. The zero-order valence-electron chi connectivity index (χ0n) is 7.07. The second-order valence-electron chi connectivity index (χ2n) is 2.78. The smallest absolute Gasteiger partial charge is 0.295 e. The zero-order chi connectivity index (χ0) is 9.26. The first-order valence-corrected chi connectivity index (χ1v) is 3.92. The SMILES string of the molecule is CC(C#N)c1nc2nc[nH+]cc2[nH]1. The average Bonchev–Trinajstić information content (AvgIpc) is 2.59. The van der Waals surface area contributed by atoms with Gasteiger partial charge in [-0.05, 0) is 11.9 Å². The maximum atomic E-state index is 8.68. The zero-order valence-corrected chi connectivity index (χ0v) is 7.07. The van der Waals surface area contributed by atoms with Crippen LogP contribution in [0.2, 0.25) is 0 Å². The van der Waals surface area contributed by atoms with E-state index in [1.165, 1.54) is 0 Å². The Morgan fingerprint density at radius 1 is 1.69 bits per heavy atom. The number of hydrogen-bond acceptors (Lipinski definition) is 3. The summed E-state index contributed by atoms with van der Waals surface area (Å²) in [6.45, 7) is 1.79. The molecule has 1 unspecified atom stereocenters. The van der Waals surface area contributed by atoms with Crippen molar-refractivity contribution in [2.75, 3.05) is 0 Å². The van der Waals surface area contributed by atoms with Crippen LogP contribution in [0.15, 0.2) is 12.5 Å². The molecule has 2 rings (SSSR count). The van der Waals surface area contributed by atoms with E-state index >= 15 is 0 Å². The predicted octanol–water partition coefficient (Wildman–Crippen LogP) is 0.399. The van der Waals surface area contributed by atoms with Crippen molar-refractivity contribution in [1.29, 1.82) is 5.26 Å². The van der Waals surface area contributed by atoms with Gasteiger partial charge in [-0.3, -0.25) is 0 Å². The van der Waals surface area contributed by atoms with Gasteiger partial charge in [0.2, 0.25) is 0 Å². The van der Waals surface area contributed by atoms with E-state index in [0.717, 1.165) is 5.52 Å². The van der Waals surface area contributed by atoms with Crippen molar-refractivity contribution in [3.8, 4) is 6.07 Å². The molecule has 2 heterocycles. The summed E-state index contributed by atoms with van der Waals surface area (Å²) in [6.07, 6.45) is 3.33. The molecule has 0 saturated heterocycles. The highest BCUT2D eigenvalue weighted by Gasteiger charge is 2.12. The summed E-state index contributed by atoms with van der Waals surface area (Å²) < 4.78 is 0. The molecular weight excluding hydrogens is 166 g/mol. The van der Waals surface area contributed by atoms with Gasteiger partial charge in [0.1, 0.15) is 17.9 Å². The molecule has 0 aliphatic rings. The Balaban J connectivity index is 2.57. The molecule has 2 aromatic heterocycles. The van der Waals surface area contributed by atoms with Crippen LogP contribution in [0.4, 0.5) is 0 Å². The van der Waals surface area contributed by atoms with Crippen LogP contribution in [0.5, 0.6) is 0 Å². The largest absolute Gasteiger partial charge is 0.335 e. The Hall–Kier alpha value is -1.96. The molecular formula is C8H8N5+. The van der Waals surface area contributed by atoms with Gasteiger partial charge in [-0.25, -0.2) is 4.98 Å². The highest BCUT2D eigenvalue weighted by atomic mass is 15.0. The Kier molecular flexibility index (Phi) is 1.67. The molecule has 0 aliphatic carbocycles. The molecule has 0 aliphatic heterocycles. The number of fused-ring (bicyclic) bond motifs is 1. The Labute approximate surface area is 74.5 Å². The van der Waals surface area contributed by atoms with E-state index in [1.807, 2.05) is 0 Å². The first kappa shape index (κ1) is 7.68. The molecule has 13 heavy (non-hydrogen) atoms. The van der Waals surface area contributed by atoms with Gasteiger partial charge in [0.05, 0.1) is 6.07 Å². The molecule has 0 bridgehead atoms. The van der Waals surface area contributed by atoms with Crippen molar-refractivity contribution in [1.82, 2.24) is 15.0 Å². The minimum atomic E-state index is -0.228. The van der Waals surface area contributed by atoms with Crippen molar-refractivity contribution < 1.29 is 4.98 Å². The van der Waals surface area contributed by atoms with E-state index in [2.05, 4.69) is 26.0 Å². The molecule has 0 aromatic carbocycles. The number of aromatic amines is 2. The Bertz CT molecular complexity index is 434. The fourth-order valence-corrected chi connectivity index (χ4v) is 1.08. The topological polar surface area (TPSA) is 79.5 Å². The van der Waals surface area contributed by atoms with Crippen LogP contribution >= 0.6 is 0 Å². The average molecular weight is 174 g/mol. The van der Waals surface area contributed by atoms with Gasteiger partial charge in [-0.2, -0.15) is 10.2 Å². The van der Waals surface area contributed by atoms with Crippen LogP contribution in [0.25, 0.3) is 11.2 Å². The third kappa shape index (κ3) is 1.22. The van der Waals surface area contributed by atoms with Crippen LogP contribution < -0.4 is 4.98 Å². The van der Waals surface area contributed by atoms with Crippen LogP contribution in [-0.4, -0.2) is 15.0 Å². The fourth-order valence-electron chi connectivity index (χ4n) is 1.08. The fraction of sp³-hybridized carbons (Fsp3) is 0.250. The minimum Gasteiger partial charge on any atom is -0.335 e. The number of H-pyrrole nitrogens is 2. The van der Waals surface area contributed by atoms with Gasteiger partial charge in [-0.15, -0.1) is 0 Å². The van der Waals surface area contributed by atoms with Gasteiger partial charge in [0.25, 0.3) is 12.0 Å². The van der Waals surface area contributed by atoms with Crippen LogP contribution in [0.1, 0.15) is 18.7 Å². The van der Waals surface area contributed by atoms with Crippen LogP contribution in [0, 0.1) is 11.3 Å². The quantitative estimate of drug-likeness (QED) is 0.679. The van der Waals surface area contributed by atoms with Gasteiger partial charge >= 0.3 is 0 Å². The summed E-state index contributed by atoms with van der Waals surface area (Å²) in [7, 11) is 0. The van der Waals surface area contributed by atoms with Crippen molar-refractivity contribution in [2.45, 2.75) is 12.8 Å². The van der Waals surface area contributed by atoms with Crippen molar-refractivity contribution >= 4 is 11.2 Å². The Morgan fingerprint density at radius 2 is 2.54 bits per heavy atom. The van der Waals surface area contributed by atoms with Gasteiger partial charge in [0, 0.05) is 0 Å². The number of nitriles is 1. The summed E-state index contributed by atoms with van der Waals surface area (Å²) in [5.74, 6) is 0.429. The predicted molar refractivity (Wildman–Crippen MR) is 44.5 cm³/mol. The normalized spacial score (nSPS) is 12.6. The summed E-state index contributed by atoms with van der Waals surface area (Å²) in [6, 6.07) is 2.11. The number of aromatic nitrogens is 4. The highest BCUT2D eigenvalue weighted by molar-refractivity contribution is 5.68. The lowest BCUT2D eigenvalue weighted by Crippen LogP contribution is -1.99. The lowest BCUT2D eigenvalue weighted by Gasteiger charge is -1.91. The molecule has 2 aromatic rings. The van der Waals surface area contributed by atoms with E-state index in [-0.39, 0.29) is 5.92 Å². The highest BCUT2D eigenvalue weighted by Crippen LogP contribution is 2.12. The monoisotopic (exact) mass is 174 g/mol. The maximum absolute atomic E-state index is 8.68. The van der Waals surface area contributed by atoms with Crippen molar-refractivity contribution in [3.05, 3.63) is 18.3 Å². The molecule has 0 amide bonds. The standard InChI is InChI=1S/C8H7N5/c1-5(2-9)7-12-6-3-10-4-11-8(6)13-7/h3-5H,1H3,(H,10,11,12,13)/p+1. The summed E-state index contributed by atoms with van der Waals surface area (Å²) >= 11 is 0. The number of hydrogen-bond donors (Lipinski definition) is 1. The Morgan fingerprint density at radius 3 is 3.23 bits per heavy atom. The number of nitrogens with one attached hydrogen (secondary N) is 2. The van der Waals surface area contributed by atoms with Gasteiger partial charge in [-0.1, -0.05) is 0 Å². The first-order valence-electron chi connectivity index (χ1n) is 3.92. The minimum absolute atomic E-state index is 0.228. The number of imidazole rings is 1. The lowest BCUT2D eigenvalue weighted by molar-refractivity contribution is -0.380. The maximum Gasteiger partial charge on any atom is 0.295 e. The molecule has 5 nitrogen and oxygen atoms in total. The molecule has 0 saturated carbocycles. The van der Waals surface area contributed by atoms with E-state index in [9.17, 15) is 0 Å². The van der Waals surface area contributed by atoms with E-state index < -0.39 is 0 Å². The third-order valence-electron chi connectivity index (χ3n) is 1.82. The third-order valence-corrected chi connectivity index (χ3v) is 1.82. The number of nitrogens with zero attached hydrogens (tertiary/aromatic N) is 3. The van der Waals surface area contributed by atoms with Gasteiger partial charge in [0.15, 0.2) is 5.52 Å². The molecule has 0 spiro atoms. The second-order valence-corrected chi connectivity index (χ2v) is 2.78. The van der Waals surface area contributed by atoms with E-state index in [0.29, 0.717) is 11.5 Å². The number of rotatable bonds is 1. The molecule has 5 heteroatoms. The molecule has 1 atom stereocenters. The van der Waals surface area contributed by atoms with E-state index in [4.69, 9.17) is 5.26 Å². The summed E-state index contributed by atoms with van der Waals surface area (Å²) in [5, 5.41) is 8.68. The second kappa shape index (κ2) is 2.83. The van der Waals surface area contributed by atoms with Gasteiger partial charge < -0.3 is 4.98 Å². The summed E-state index contributed by atoms with van der Waals surface area (Å²) in [5.41, 5.74) is 1.45.